The van der Waals surface area contributed by atoms with Crippen molar-refractivity contribution >= 4 is 0 Å². The summed E-state index contributed by atoms with van der Waals surface area (Å²) in [5.74, 6) is -4.14. The first kappa shape index (κ1) is 17.4. The van der Waals surface area contributed by atoms with Gasteiger partial charge in [0.05, 0.1) is 25.8 Å². The molecule has 1 aromatic carbocycles. The van der Waals surface area contributed by atoms with Gasteiger partial charge >= 0.3 is 12.4 Å². The molecule has 0 amide bonds. The molecule has 2 N–H and O–H groups in total. The number of nitrogens with two attached hydrogens (primary N) is 1. The molecule has 0 saturated heterocycles. The van der Waals surface area contributed by atoms with Crippen molar-refractivity contribution in [3.63, 3.8) is 0 Å². The molecule has 0 aliphatic heterocycles. The van der Waals surface area contributed by atoms with Gasteiger partial charge in [0.15, 0.2) is 5.92 Å². The number of benzene rings is 1. The van der Waals surface area contributed by atoms with Gasteiger partial charge in [-0.3, -0.25) is 0 Å². The first-order chi connectivity index (χ1) is 9.54. The zero-order valence-electron chi connectivity index (χ0n) is 11.0. The molecule has 21 heavy (non-hydrogen) atoms. The standard InChI is InChI=1S/C12H13F6NO2/c1-20-6-4-3-5-7(21-2)8(6)9(19)10(11(13,14)15)12(16,17)18/h3-5,9-10H,19H2,1-2H3. The molecule has 1 unspecified atom stereocenters. The van der Waals surface area contributed by atoms with Crippen LogP contribution < -0.4 is 15.2 Å². The maximum Gasteiger partial charge on any atom is 0.402 e. The van der Waals surface area contributed by atoms with Crippen molar-refractivity contribution in [2.75, 3.05) is 14.2 Å². The second kappa shape index (κ2) is 6.00. The summed E-state index contributed by atoms with van der Waals surface area (Å²) in [6.07, 6.45) is -11.1. The van der Waals surface area contributed by atoms with Crippen molar-refractivity contribution in [3.8, 4) is 11.5 Å². The smallest absolute Gasteiger partial charge is 0.402 e. The number of halogens is 6. The molecule has 1 aromatic rings. The van der Waals surface area contributed by atoms with Gasteiger partial charge in [0.25, 0.3) is 0 Å². The molecule has 0 aliphatic rings. The molecule has 1 rings (SSSR count). The summed E-state index contributed by atoms with van der Waals surface area (Å²) >= 11 is 0. The van der Waals surface area contributed by atoms with Gasteiger partial charge in [-0.25, -0.2) is 0 Å². The Morgan fingerprint density at radius 3 is 1.57 bits per heavy atom. The quantitative estimate of drug-likeness (QED) is 0.865. The number of alkyl halides is 6. The summed E-state index contributed by atoms with van der Waals surface area (Å²) < 4.78 is 86.0. The maximum atomic E-state index is 12.7. The van der Waals surface area contributed by atoms with Gasteiger partial charge in [-0.1, -0.05) is 6.07 Å². The minimum absolute atomic E-state index is 0.208. The second-order valence-electron chi connectivity index (χ2n) is 4.16. The average molecular weight is 317 g/mol. The van der Waals surface area contributed by atoms with E-state index < -0.39 is 29.9 Å². The van der Waals surface area contributed by atoms with Gasteiger partial charge in [-0.2, -0.15) is 26.3 Å². The molecule has 9 heteroatoms. The van der Waals surface area contributed by atoms with E-state index in [1.54, 1.807) is 0 Å². The molecular weight excluding hydrogens is 304 g/mol. The van der Waals surface area contributed by atoms with Crippen LogP contribution in [-0.4, -0.2) is 26.6 Å². The zero-order valence-corrected chi connectivity index (χ0v) is 11.0. The van der Waals surface area contributed by atoms with Crippen LogP contribution in [0.5, 0.6) is 11.5 Å². The van der Waals surface area contributed by atoms with Crippen LogP contribution in [0.2, 0.25) is 0 Å². The predicted molar refractivity (Wildman–Crippen MR) is 62.1 cm³/mol. The van der Waals surface area contributed by atoms with Crippen LogP contribution in [0, 0.1) is 5.92 Å². The molecule has 0 saturated carbocycles. The summed E-state index contributed by atoms with van der Waals surface area (Å²) in [7, 11) is 2.22. The summed E-state index contributed by atoms with van der Waals surface area (Å²) in [4.78, 5) is 0. The summed E-state index contributed by atoms with van der Waals surface area (Å²) in [6, 6.07) is 1.38. The van der Waals surface area contributed by atoms with Crippen LogP contribution in [0.1, 0.15) is 11.6 Å². The lowest BCUT2D eigenvalue weighted by Gasteiger charge is -2.30. The monoisotopic (exact) mass is 317 g/mol. The highest BCUT2D eigenvalue weighted by molar-refractivity contribution is 5.47. The number of rotatable bonds is 4. The van der Waals surface area contributed by atoms with Crippen molar-refractivity contribution in [2.45, 2.75) is 18.4 Å². The van der Waals surface area contributed by atoms with Crippen molar-refractivity contribution in [3.05, 3.63) is 23.8 Å². The highest BCUT2D eigenvalue weighted by Gasteiger charge is 2.60. The van der Waals surface area contributed by atoms with Gasteiger partial charge in [0, 0.05) is 0 Å². The minimum atomic E-state index is -5.55. The van der Waals surface area contributed by atoms with Crippen LogP contribution in [0.4, 0.5) is 26.3 Å². The molecule has 0 aliphatic carbocycles. The predicted octanol–water partition coefficient (Wildman–Crippen LogP) is 3.44. The minimum Gasteiger partial charge on any atom is -0.496 e. The molecular formula is C12H13F6NO2. The maximum absolute atomic E-state index is 12.7. The lowest BCUT2D eigenvalue weighted by atomic mass is 9.91. The normalized spacial score (nSPS) is 14.2. The Balaban J connectivity index is 3.43. The number of hydrogen-bond acceptors (Lipinski definition) is 3. The third-order valence-electron chi connectivity index (χ3n) is 2.86. The lowest BCUT2D eigenvalue weighted by molar-refractivity contribution is -0.290. The van der Waals surface area contributed by atoms with Gasteiger partial charge in [0.2, 0.25) is 0 Å². The summed E-state index contributed by atoms with van der Waals surface area (Å²) in [6.45, 7) is 0. The molecule has 3 nitrogen and oxygen atoms in total. The molecule has 0 radical (unpaired) electrons. The van der Waals surface area contributed by atoms with Crippen molar-refractivity contribution in [1.82, 2.24) is 0 Å². The molecule has 0 spiro atoms. The Morgan fingerprint density at radius 1 is 0.905 bits per heavy atom. The number of ether oxygens (including phenoxy) is 2. The molecule has 0 bridgehead atoms. The molecule has 0 heterocycles. The fraction of sp³-hybridized carbons (Fsp3) is 0.500. The SMILES string of the molecule is COc1cccc(OC)c1C(N)C(C(F)(F)F)C(F)(F)F. The van der Waals surface area contributed by atoms with Crippen LogP contribution in [0.15, 0.2) is 18.2 Å². The highest BCUT2D eigenvalue weighted by Crippen LogP contribution is 2.48. The van der Waals surface area contributed by atoms with Crippen LogP contribution in [0.25, 0.3) is 0 Å². The molecule has 0 aromatic heterocycles. The summed E-state index contributed by atoms with van der Waals surface area (Å²) in [5.41, 5.74) is 4.78. The Kier molecular flexibility index (Phi) is 4.98. The van der Waals surface area contributed by atoms with E-state index in [0.717, 1.165) is 14.2 Å². The zero-order chi connectivity index (χ0) is 16.4. The molecule has 1 atom stereocenters. The van der Waals surface area contributed by atoms with Crippen LogP contribution in [-0.2, 0) is 0 Å². The first-order valence-corrected chi connectivity index (χ1v) is 5.64. The number of methoxy groups -OCH3 is 2. The van der Waals surface area contributed by atoms with E-state index in [1.165, 1.54) is 18.2 Å². The van der Waals surface area contributed by atoms with Crippen LogP contribution in [0.3, 0.4) is 0 Å². The summed E-state index contributed by atoms with van der Waals surface area (Å²) in [5, 5.41) is 0. The fourth-order valence-electron chi connectivity index (χ4n) is 1.97. The topological polar surface area (TPSA) is 44.5 Å². The van der Waals surface area contributed by atoms with Crippen LogP contribution >= 0.6 is 0 Å². The van der Waals surface area contributed by atoms with Crippen molar-refractivity contribution < 1.29 is 35.8 Å². The molecule has 0 fully saturated rings. The van der Waals surface area contributed by atoms with E-state index in [0.29, 0.717) is 0 Å². The third-order valence-corrected chi connectivity index (χ3v) is 2.86. The number of hydrogen-bond donors (Lipinski definition) is 1. The first-order valence-electron chi connectivity index (χ1n) is 5.64. The van der Waals surface area contributed by atoms with E-state index in [9.17, 15) is 26.3 Å². The van der Waals surface area contributed by atoms with Crippen molar-refractivity contribution in [2.24, 2.45) is 11.7 Å². The second-order valence-corrected chi connectivity index (χ2v) is 4.16. The van der Waals surface area contributed by atoms with E-state index >= 15 is 0 Å². The van der Waals surface area contributed by atoms with Gasteiger partial charge in [0.1, 0.15) is 11.5 Å². The van der Waals surface area contributed by atoms with E-state index in [-0.39, 0.29) is 11.5 Å². The van der Waals surface area contributed by atoms with Crippen molar-refractivity contribution in [1.29, 1.82) is 0 Å². The average Bonchev–Trinajstić information content (AvgIpc) is 2.33. The Bertz CT molecular complexity index is 449. The van der Waals surface area contributed by atoms with Gasteiger partial charge in [-0.15, -0.1) is 0 Å². The Morgan fingerprint density at radius 2 is 1.29 bits per heavy atom. The molecule has 120 valence electrons. The largest absolute Gasteiger partial charge is 0.496 e. The Labute approximate surface area is 116 Å². The fourth-order valence-corrected chi connectivity index (χ4v) is 1.97. The third kappa shape index (κ3) is 3.72. The Hall–Kier alpha value is -1.64. The van der Waals surface area contributed by atoms with E-state index in [4.69, 9.17) is 15.2 Å². The van der Waals surface area contributed by atoms with Gasteiger partial charge < -0.3 is 15.2 Å². The van der Waals surface area contributed by atoms with E-state index in [2.05, 4.69) is 0 Å². The highest BCUT2D eigenvalue weighted by atomic mass is 19.4. The van der Waals surface area contributed by atoms with E-state index in [1.807, 2.05) is 0 Å². The lowest BCUT2D eigenvalue weighted by Crippen LogP contribution is -2.44. The van der Waals surface area contributed by atoms with Gasteiger partial charge in [-0.05, 0) is 12.1 Å².